The molecule has 0 unspecified atom stereocenters. The maximum absolute atomic E-state index is 13.7. The van der Waals surface area contributed by atoms with Gasteiger partial charge in [-0.15, -0.1) is 10.2 Å². The quantitative estimate of drug-likeness (QED) is 0.646. The summed E-state index contributed by atoms with van der Waals surface area (Å²) in [5, 5.41) is 18.8. The molecule has 3 aromatic rings. The van der Waals surface area contributed by atoms with E-state index in [1.54, 1.807) is 6.92 Å². The molecule has 0 spiro atoms. The zero-order valence-corrected chi connectivity index (χ0v) is 18.3. The van der Waals surface area contributed by atoms with Gasteiger partial charge in [-0.2, -0.15) is 0 Å². The lowest BCUT2D eigenvalue weighted by Crippen LogP contribution is -2.52. The Morgan fingerprint density at radius 1 is 1.10 bits per heavy atom. The fourth-order valence-electron chi connectivity index (χ4n) is 4.98. The van der Waals surface area contributed by atoms with E-state index in [0.717, 1.165) is 40.7 Å². The molecule has 160 valence electrons. The highest BCUT2D eigenvalue weighted by atomic mass is 16.4. The van der Waals surface area contributed by atoms with Gasteiger partial charge in [-0.25, -0.2) is 0 Å². The number of hydrogen-bond acceptors (Lipinski definition) is 5. The molecule has 0 radical (unpaired) electrons. The lowest BCUT2D eigenvalue weighted by Gasteiger charge is -2.39. The third-order valence-electron chi connectivity index (χ3n) is 6.47. The average molecular weight is 418 g/mol. The SMILES string of the molecule is Cc1nnc(-c2ccc(-c3cccc4c3C(=O)N([C@H](C3CC3)C(C)(C)O)[C@@H]4C)cc2)o1. The summed E-state index contributed by atoms with van der Waals surface area (Å²) in [6.07, 6.45) is 2.12. The predicted octanol–water partition coefficient (Wildman–Crippen LogP) is 4.78. The molecule has 2 atom stereocenters. The van der Waals surface area contributed by atoms with Crippen LogP contribution < -0.4 is 0 Å². The number of nitrogens with zero attached hydrogens (tertiary/aromatic N) is 3. The molecule has 1 amide bonds. The lowest BCUT2D eigenvalue weighted by atomic mass is 9.92. The molecule has 1 saturated carbocycles. The van der Waals surface area contributed by atoms with Gasteiger partial charge in [-0.1, -0.05) is 30.3 Å². The fraction of sp³-hybridized carbons (Fsp3) is 0.400. The van der Waals surface area contributed by atoms with Crippen molar-refractivity contribution in [2.24, 2.45) is 5.92 Å². The molecule has 1 aliphatic heterocycles. The van der Waals surface area contributed by atoms with E-state index in [4.69, 9.17) is 4.42 Å². The second-order valence-electron chi connectivity index (χ2n) is 9.30. The molecule has 1 N–H and O–H groups in total. The number of amides is 1. The van der Waals surface area contributed by atoms with Crippen molar-refractivity contribution < 1.29 is 14.3 Å². The number of aliphatic hydroxyl groups is 1. The Morgan fingerprint density at radius 2 is 1.77 bits per heavy atom. The van der Waals surface area contributed by atoms with Gasteiger partial charge in [-0.3, -0.25) is 4.79 Å². The molecular weight excluding hydrogens is 390 g/mol. The van der Waals surface area contributed by atoms with Crippen molar-refractivity contribution in [2.75, 3.05) is 0 Å². The summed E-state index contributed by atoms with van der Waals surface area (Å²) >= 11 is 0. The number of aromatic nitrogens is 2. The summed E-state index contributed by atoms with van der Waals surface area (Å²) < 4.78 is 5.51. The number of aryl methyl sites for hydroxylation is 1. The molecule has 2 heterocycles. The van der Waals surface area contributed by atoms with Crippen LogP contribution in [0.25, 0.3) is 22.6 Å². The first kappa shape index (κ1) is 19.9. The molecule has 6 nitrogen and oxygen atoms in total. The zero-order chi connectivity index (χ0) is 21.9. The van der Waals surface area contributed by atoms with Gasteiger partial charge < -0.3 is 14.4 Å². The first-order valence-corrected chi connectivity index (χ1v) is 10.8. The Morgan fingerprint density at radius 3 is 2.35 bits per heavy atom. The van der Waals surface area contributed by atoms with Gasteiger partial charge in [-0.05, 0) is 68.4 Å². The smallest absolute Gasteiger partial charge is 0.255 e. The van der Waals surface area contributed by atoms with E-state index >= 15 is 0 Å². The van der Waals surface area contributed by atoms with Gasteiger partial charge in [0.1, 0.15) is 0 Å². The number of rotatable bonds is 5. The molecule has 2 aromatic carbocycles. The fourth-order valence-corrected chi connectivity index (χ4v) is 4.98. The Labute approximate surface area is 181 Å². The summed E-state index contributed by atoms with van der Waals surface area (Å²) in [5.74, 6) is 1.38. The van der Waals surface area contributed by atoms with Crippen molar-refractivity contribution in [1.82, 2.24) is 15.1 Å². The van der Waals surface area contributed by atoms with Crippen LogP contribution in [0.3, 0.4) is 0 Å². The van der Waals surface area contributed by atoms with E-state index in [1.807, 2.05) is 61.2 Å². The maximum Gasteiger partial charge on any atom is 0.255 e. The largest absolute Gasteiger partial charge is 0.421 e. The van der Waals surface area contributed by atoms with E-state index < -0.39 is 5.60 Å². The Kier molecular flexibility index (Phi) is 4.52. The van der Waals surface area contributed by atoms with Gasteiger partial charge in [0.2, 0.25) is 11.8 Å². The van der Waals surface area contributed by atoms with E-state index in [9.17, 15) is 9.90 Å². The van der Waals surface area contributed by atoms with Gasteiger partial charge in [0, 0.05) is 12.5 Å². The van der Waals surface area contributed by atoms with Crippen LogP contribution >= 0.6 is 0 Å². The molecular formula is C25H27N3O3. The lowest BCUT2D eigenvalue weighted by molar-refractivity contribution is -0.0305. The number of benzene rings is 2. The molecule has 1 aromatic heterocycles. The Bertz CT molecular complexity index is 1140. The van der Waals surface area contributed by atoms with E-state index in [0.29, 0.717) is 17.7 Å². The second kappa shape index (κ2) is 7.02. The van der Waals surface area contributed by atoms with Crippen molar-refractivity contribution in [2.45, 2.75) is 58.2 Å². The monoisotopic (exact) mass is 417 g/mol. The van der Waals surface area contributed by atoms with Gasteiger partial charge in [0.05, 0.1) is 23.2 Å². The first-order valence-electron chi connectivity index (χ1n) is 10.8. The van der Waals surface area contributed by atoms with Crippen LogP contribution in [0.1, 0.15) is 61.5 Å². The van der Waals surface area contributed by atoms with Crippen LogP contribution in [-0.4, -0.2) is 37.8 Å². The number of carbonyl (C=O) groups is 1. The van der Waals surface area contributed by atoms with Crippen LogP contribution in [0.15, 0.2) is 46.9 Å². The molecule has 0 saturated heterocycles. The molecule has 5 rings (SSSR count). The van der Waals surface area contributed by atoms with Crippen LogP contribution in [0.2, 0.25) is 0 Å². The third kappa shape index (κ3) is 3.35. The maximum atomic E-state index is 13.7. The summed E-state index contributed by atoms with van der Waals surface area (Å²) in [4.78, 5) is 15.6. The number of hydrogen-bond donors (Lipinski definition) is 1. The molecule has 6 heteroatoms. The van der Waals surface area contributed by atoms with Crippen LogP contribution in [-0.2, 0) is 0 Å². The molecule has 2 aliphatic rings. The Hall–Kier alpha value is -2.99. The van der Waals surface area contributed by atoms with Gasteiger partial charge >= 0.3 is 0 Å². The normalized spacial score (nSPS) is 19.6. The molecule has 1 fully saturated rings. The summed E-state index contributed by atoms with van der Waals surface area (Å²) in [6, 6.07) is 13.6. The van der Waals surface area contributed by atoms with E-state index in [-0.39, 0.29) is 18.0 Å². The van der Waals surface area contributed by atoms with Crippen molar-refractivity contribution in [1.29, 1.82) is 0 Å². The average Bonchev–Trinajstić information content (AvgIpc) is 3.42. The van der Waals surface area contributed by atoms with E-state index in [2.05, 4.69) is 17.1 Å². The second-order valence-corrected chi connectivity index (χ2v) is 9.30. The predicted molar refractivity (Wildman–Crippen MR) is 117 cm³/mol. The summed E-state index contributed by atoms with van der Waals surface area (Å²) in [7, 11) is 0. The number of carbonyl (C=O) groups excluding carboxylic acids is 1. The van der Waals surface area contributed by atoms with Crippen molar-refractivity contribution in [3.8, 4) is 22.6 Å². The third-order valence-corrected chi connectivity index (χ3v) is 6.47. The van der Waals surface area contributed by atoms with Gasteiger partial charge in [0.15, 0.2) is 0 Å². The van der Waals surface area contributed by atoms with E-state index in [1.165, 1.54) is 0 Å². The number of fused-ring (bicyclic) bond motifs is 1. The standard InChI is InChI=1S/C25H27N3O3/c1-14-19-6-5-7-20(16-8-12-18(13-9-16)23-27-26-15(2)31-23)21(19)24(29)28(14)22(17-10-11-17)25(3,4)30/h5-9,12-14,17,22,30H,10-11H2,1-4H3/t14-,22-/m1/s1. The van der Waals surface area contributed by atoms with Crippen molar-refractivity contribution >= 4 is 5.91 Å². The highest BCUT2D eigenvalue weighted by molar-refractivity contribution is 6.05. The van der Waals surface area contributed by atoms with Crippen LogP contribution in [0, 0.1) is 12.8 Å². The minimum absolute atomic E-state index is 0.00808. The van der Waals surface area contributed by atoms with Crippen molar-refractivity contribution in [3.05, 3.63) is 59.5 Å². The summed E-state index contributed by atoms with van der Waals surface area (Å²) in [6.45, 7) is 7.46. The minimum Gasteiger partial charge on any atom is -0.421 e. The molecule has 0 bridgehead atoms. The first-order chi connectivity index (χ1) is 14.8. The Balaban J connectivity index is 1.53. The topological polar surface area (TPSA) is 79.5 Å². The van der Waals surface area contributed by atoms with Crippen LogP contribution in [0.4, 0.5) is 0 Å². The zero-order valence-electron chi connectivity index (χ0n) is 18.3. The highest BCUT2D eigenvalue weighted by Crippen LogP contribution is 2.48. The molecule has 1 aliphatic carbocycles. The molecule has 31 heavy (non-hydrogen) atoms. The minimum atomic E-state index is -0.947. The van der Waals surface area contributed by atoms with Crippen molar-refractivity contribution in [3.63, 3.8) is 0 Å². The van der Waals surface area contributed by atoms with Gasteiger partial charge in [0.25, 0.3) is 5.91 Å². The highest BCUT2D eigenvalue weighted by Gasteiger charge is 2.50. The van der Waals surface area contributed by atoms with Crippen LogP contribution in [0.5, 0.6) is 0 Å². The summed E-state index contributed by atoms with van der Waals surface area (Å²) in [5.41, 5.74) is 3.53.